The predicted octanol–water partition coefficient (Wildman–Crippen LogP) is 2.93. The van der Waals surface area contributed by atoms with Gasteiger partial charge in [0.15, 0.2) is 0 Å². The van der Waals surface area contributed by atoms with Crippen LogP contribution in [0, 0.1) is 0 Å². The number of rotatable bonds is 3. The molecule has 0 radical (unpaired) electrons. The number of hydrogen-bond donors (Lipinski definition) is 3. The molecule has 0 bridgehead atoms. The van der Waals surface area contributed by atoms with E-state index in [2.05, 4.69) is 15.7 Å². The lowest BCUT2D eigenvalue weighted by Crippen LogP contribution is -2.16. The van der Waals surface area contributed by atoms with E-state index in [9.17, 15) is 4.79 Å². The molecule has 1 aromatic heterocycles. The van der Waals surface area contributed by atoms with Crippen LogP contribution in [0.15, 0.2) is 36.4 Å². The predicted molar refractivity (Wildman–Crippen MR) is 76.5 cm³/mol. The summed E-state index contributed by atoms with van der Waals surface area (Å²) in [4.78, 5) is 16.0. The fraction of sp³-hybridized carbons (Fsp3) is 0. The average molecular weight is 297 g/mol. The summed E-state index contributed by atoms with van der Waals surface area (Å²) in [5, 5.41) is 3.41. The van der Waals surface area contributed by atoms with Crippen LogP contribution in [0.5, 0.6) is 0 Å². The Bertz CT molecular complexity index is 618. The van der Waals surface area contributed by atoms with Crippen molar-refractivity contribution in [1.29, 1.82) is 0 Å². The van der Waals surface area contributed by atoms with Crippen molar-refractivity contribution in [2.75, 3.05) is 10.7 Å². The molecule has 19 heavy (non-hydrogen) atoms. The summed E-state index contributed by atoms with van der Waals surface area (Å²) in [7, 11) is 0. The normalized spacial score (nSPS) is 10.1. The van der Waals surface area contributed by atoms with Gasteiger partial charge in [0, 0.05) is 10.7 Å². The van der Waals surface area contributed by atoms with Crippen molar-refractivity contribution in [3.05, 3.63) is 52.1 Å². The molecule has 0 saturated carbocycles. The van der Waals surface area contributed by atoms with E-state index in [0.717, 1.165) is 0 Å². The second-order valence-corrected chi connectivity index (χ2v) is 4.48. The van der Waals surface area contributed by atoms with Gasteiger partial charge < -0.3 is 10.7 Å². The van der Waals surface area contributed by atoms with Crippen LogP contribution < -0.4 is 16.6 Å². The Kier molecular flexibility index (Phi) is 4.21. The van der Waals surface area contributed by atoms with Crippen LogP contribution in [0.1, 0.15) is 10.5 Å². The Labute approximate surface area is 119 Å². The first kappa shape index (κ1) is 13.6. The van der Waals surface area contributed by atoms with E-state index in [1.165, 1.54) is 6.07 Å². The van der Waals surface area contributed by atoms with Gasteiger partial charge in [-0.3, -0.25) is 4.79 Å². The highest BCUT2D eigenvalue weighted by Crippen LogP contribution is 2.19. The molecule has 2 aromatic rings. The van der Waals surface area contributed by atoms with Crippen molar-refractivity contribution in [1.82, 2.24) is 4.98 Å². The number of anilines is 2. The number of hydrogen-bond acceptors (Lipinski definition) is 4. The van der Waals surface area contributed by atoms with Crippen LogP contribution in [0.3, 0.4) is 0 Å². The third-order valence-corrected chi connectivity index (χ3v) is 2.83. The lowest BCUT2D eigenvalue weighted by atomic mass is 10.3. The number of nitrogens with zero attached hydrogens (tertiary/aromatic N) is 1. The second-order valence-electron chi connectivity index (χ2n) is 3.64. The van der Waals surface area contributed by atoms with E-state index in [4.69, 9.17) is 29.0 Å². The zero-order valence-corrected chi connectivity index (χ0v) is 11.2. The number of nitrogens with two attached hydrogens (primary N) is 1. The van der Waals surface area contributed by atoms with Gasteiger partial charge in [0.25, 0.3) is 5.91 Å². The highest BCUT2D eigenvalue weighted by molar-refractivity contribution is 6.34. The van der Waals surface area contributed by atoms with Crippen LogP contribution in [0.2, 0.25) is 10.0 Å². The van der Waals surface area contributed by atoms with Crippen molar-refractivity contribution < 1.29 is 4.79 Å². The number of carbonyl (C=O) groups excluding carboxylic acids is 1. The number of pyridine rings is 1. The minimum absolute atomic E-state index is 0.0806. The molecule has 0 unspecified atom stereocenters. The van der Waals surface area contributed by atoms with E-state index in [1.54, 1.807) is 30.3 Å². The Balaban J connectivity index is 2.25. The summed E-state index contributed by atoms with van der Waals surface area (Å²) in [6.45, 7) is 0. The topological polar surface area (TPSA) is 80.0 Å². The molecule has 0 fully saturated rings. The Morgan fingerprint density at radius 3 is 2.68 bits per heavy atom. The molecule has 0 spiro atoms. The van der Waals surface area contributed by atoms with Gasteiger partial charge in [-0.1, -0.05) is 29.3 Å². The van der Waals surface area contributed by atoms with E-state index >= 15 is 0 Å². The third kappa shape index (κ3) is 3.35. The minimum atomic E-state index is -0.440. The summed E-state index contributed by atoms with van der Waals surface area (Å²) in [6.07, 6.45) is 0. The number of benzene rings is 1. The molecule has 0 aliphatic heterocycles. The number of amides is 1. The van der Waals surface area contributed by atoms with Crippen LogP contribution in [0.4, 0.5) is 11.5 Å². The number of aromatic nitrogens is 1. The molecule has 0 atom stereocenters. The lowest BCUT2D eigenvalue weighted by Gasteiger charge is -2.08. The molecule has 0 saturated heterocycles. The van der Waals surface area contributed by atoms with Crippen LogP contribution in [0.25, 0.3) is 0 Å². The minimum Gasteiger partial charge on any atom is -0.321 e. The lowest BCUT2D eigenvalue weighted by molar-refractivity contribution is 0.102. The van der Waals surface area contributed by atoms with Crippen LogP contribution in [-0.4, -0.2) is 10.9 Å². The van der Waals surface area contributed by atoms with Gasteiger partial charge in [0.05, 0.1) is 5.02 Å². The van der Waals surface area contributed by atoms with Gasteiger partial charge in [-0.2, -0.15) is 0 Å². The van der Waals surface area contributed by atoms with E-state index in [1.807, 2.05) is 0 Å². The Morgan fingerprint density at radius 1 is 1.21 bits per heavy atom. The first-order chi connectivity index (χ1) is 9.10. The molecule has 7 heteroatoms. The molecule has 98 valence electrons. The number of hydrazine groups is 1. The van der Waals surface area contributed by atoms with Gasteiger partial charge in [-0.05, 0) is 30.3 Å². The fourth-order valence-corrected chi connectivity index (χ4v) is 1.82. The van der Waals surface area contributed by atoms with Crippen LogP contribution >= 0.6 is 23.2 Å². The maximum absolute atomic E-state index is 12.0. The summed E-state index contributed by atoms with van der Waals surface area (Å²) >= 11 is 11.8. The van der Waals surface area contributed by atoms with Gasteiger partial charge >= 0.3 is 0 Å². The number of carbonyl (C=O) groups is 1. The molecule has 2 rings (SSSR count). The van der Waals surface area contributed by atoms with Gasteiger partial charge in [0.1, 0.15) is 11.5 Å². The molecular formula is C12H10Cl2N4O. The van der Waals surface area contributed by atoms with Crippen molar-refractivity contribution in [2.24, 2.45) is 5.84 Å². The molecule has 1 amide bonds. The van der Waals surface area contributed by atoms with Crippen molar-refractivity contribution in [3.8, 4) is 0 Å². The number of nitrogen functional groups attached to an aromatic ring is 1. The molecule has 0 aliphatic carbocycles. The number of nitrogens with one attached hydrogen (secondary N) is 2. The molecule has 5 nitrogen and oxygen atoms in total. The summed E-state index contributed by atoms with van der Waals surface area (Å²) in [5.74, 6) is 5.14. The van der Waals surface area contributed by atoms with Crippen molar-refractivity contribution >= 4 is 40.6 Å². The zero-order chi connectivity index (χ0) is 13.8. The van der Waals surface area contributed by atoms with E-state index in [0.29, 0.717) is 16.5 Å². The summed E-state index contributed by atoms with van der Waals surface area (Å²) < 4.78 is 0. The summed E-state index contributed by atoms with van der Waals surface area (Å²) in [6, 6.07) is 9.88. The standard InChI is InChI=1S/C12H10Cl2N4O/c13-7-2-1-3-8(6-7)16-12(19)11-9(14)4-5-10(17-11)18-15/h1-6H,15H2,(H,16,19)(H,17,18). The van der Waals surface area contributed by atoms with Gasteiger partial charge in [-0.15, -0.1) is 0 Å². The first-order valence-corrected chi connectivity index (χ1v) is 6.06. The van der Waals surface area contributed by atoms with Crippen LogP contribution in [-0.2, 0) is 0 Å². The Morgan fingerprint density at radius 2 is 2.00 bits per heavy atom. The highest BCUT2D eigenvalue weighted by atomic mass is 35.5. The molecule has 1 heterocycles. The maximum atomic E-state index is 12.0. The highest BCUT2D eigenvalue weighted by Gasteiger charge is 2.13. The van der Waals surface area contributed by atoms with Crippen molar-refractivity contribution in [3.63, 3.8) is 0 Å². The molecular weight excluding hydrogens is 287 g/mol. The molecule has 0 aliphatic rings. The SMILES string of the molecule is NNc1ccc(Cl)c(C(=O)Nc2cccc(Cl)c2)n1. The number of halogens is 2. The third-order valence-electron chi connectivity index (χ3n) is 2.29. The second kappa shape index (κ2) is 5.88. The molecule has 4 N–H and O–H groups in total. The Hall–Kier alpha value is -1.82. The smallest absolute Gasteiger partial charge is 0.275 e. The monoisotopic (exact) mass is 296 g/mol. The largest absolute Gasteiger partial charge is 0.321 e. The van der Waals surface area contributed by atoms with E-state index < -0.39 is 5.91 Å². The average Bonchev–Trinajstić information content (AvgIpc) is 2.39. The van der Waals surface area contributed by atoms with Gasteiger partial charge in [-0.25, -0.2) is 10.8 Å². The first-order valence-electron chi connectivity index (χ1n) is 5.30. The fourth-order valence-electron chi connectivity index (χ4n) is 1.44. The quantitative estimate of drug-likeness (QED) is 0.601. The summed E-state index contributed by atoms with van der Waals surface area (Å²) in [5.41, 5.74) is 2.99. The van der Waals surface area contributed by atoms with Crippen molar-refractivity contribution in [2.45, 2.75) is 0 Å². The van der Waals surface area contributed by atoms with E-state index in [-0.39, 0.29) is 10.7 Å². The van der Waals surface area contributed by atoms with Gasteiger partial charge in [0.2, 0.25) is 0 Å². The maximum Gasteiger partial charge on any atom is 0.275 e. The zero-order valence-electron chi connectivity index (χ0n) is 9.65. The molecule has 1 aromatic carbocycles.